The van der Waals surface area contributed by atoms with Crippen LogP contribution in [0, 0.1) is 0 Å². The van der Waals surface area contributed by atoms with E-state index in [0.717, 1.165) is 30.5 Å². The molecular formula is C12H19NO. The van der Waals surface area contributed by atoms with Crippen LogP contribution in [0.1, 0.15) is 31.4 Å². The number of aryl methyl sites for hydroxylation is 2. The van der Waals surface area contributed by atoms with Gasteiger partial charge in [-0.25, -0.2) is 0 Å². The molecule has 0 radical (unpaired) electrons. The maximum absolute atomic E-state index is 9.16. The molecule has 14 heavy (non-hydrogen) atoms. The fraction of sp³-hybridized carbons (Fsp3) is 0.500. The highest BCUT2D eigenvalue weighted by Crippen LogP contribution is 2.17. The van der Waals surface area contributed by atoms with E-state index in [4.69, 9.17) is 10.8 Å². The Morgan fingerprint density at radius 2 is 2.14 bits per heavy atom. The Kier molecular flexibility index (Phi) is 3.96. The minimum absolute atomic E-state index is 0.250. The molecule has 78 valence electrons. The first kappa shape index (κ1) is 11.1. The molecule has 1 aromatic carbocycles. The Bertz CT molecular complexity index is 294. The van der Waals surface area contributed by atoms with Crippen molar-refractivity contribution in [3.63, 3.8) is 0 Å². The van der Waals surface area contributed by atoms with Gasteiger partial charge in [0.2, 0.25) is 0 Å². The minimum Gasteiger partial charge on any atom is -0.398 e. The fourth-order valence-electron chi connectivity index (χ4n) is 1.46. The molecule has 3 N–H and O–H groups in total. The predicted molar refractivity (Wildman–Crippen MR) is 60.2 cm³/mol. The lowest BCUT2D eigenvalue weighted by Crippen LogP contribution is -2.03. The molecule has 0 amide bonds. The summed E-state index contributed by atoms with van der Waals surface area (Å²) in [5.41, 5.74) is 9.16. The summed E-state index contributed by atoms with van der Waals surface area (Å²) in [6.07, 6.45) is 2.39. The van der Waals surface area contributed by atoms with Crippen molar-refractivity contribution in [3.8, 4) is 0 Å². The van der Waals surface area contributed by atoms with E-state index in [1.807, 2.05) is 6.07 Å². The van der Waals surface area contributed by atoms with Crippen LogP contribution >= 0.6 is 0 Å². The number of nitrogen functional groups attached to an aromatic ring is 1. The smallest absolute Gasteiger partial charge is 0.0515 e. The van der Waals surface area contributed by atoms with Crippen LogP contribution in [0.5, 0.6) is 0 Å². The van der Waals surface area contributed by atoms with E-state index in [0.29, 0.717) is 0 Å². The van der Waals surface area contributed by atoms with Crippen LogP contribution in [0.15, 0.2) is 18.2 Å². The molecule has 1 unspecified atom stereocenters. The quantitative estimate of drug-likeness (QED) is 0.720. The van der Waals surface area contributed by atoms with Gasteiger partial charge in [0.1, 0.15) is 0 Å². The fourth-order valence-corrected chi connectivity index (χ4v) is 1.46. The normalized spacial score (nSPS) is 12.8. The van der Waals surface area contributed by atoms with Crippen molar-refractivity contribution in [2.24, 2.45) is 0 Å². The summed E-state index contributed by atoms with van der Waals surface area (Å²) in [7, 11) is 0. The molecule has 0 aliphatic rings. The predicted octanol–water partition coefficient (Wildman–Crippen LogP) is 2.14. The third-order valence-electron chi connectivity index (χ3n) is 2.45. The second-order valence-electron chi connectivity index (χ2n) is 3.77. The lowest BCUT2D eigenvalue weighted by Gasteiger charge is -2.08. The van der Waals surface area contributed by atoms with Crippen molar-refractivity contribution in [2.75, 3.05) is 5.73 Å². The first-order valence-electron chi connectivity index (χ1n) is 5.18. The molecule has 0 aliphatic heterocycles. The lowest BCUT2D eigenvalue weighted by molar-refractivity contribution is 0.185. The van der Waals surface area contributed by atoms with Gasteiger partial charge in [0.15, 0.2) is 0 Å². The number of rotatable bonds is 4. The van der Waals surface area contributed by atoms with Crippen molar-refractivity contribution in [3.05, 3.63) is 29.3 Å². The number of aliphatic hydroxyl groups excluding tert-OH is 1. The van der Waals surface area contributed by atoms with Gasteiger partial charge < -0.3 is 10.8 Å². The number of anilines is 1. The minimum atomic E-state index is -0.250. The van der Waals surface area contributed by atoms with E-state index < -0.39 is 0 Å². The van der Waals surface area contributed by atoms with Gasteiger partial charge in [0.05, 0.1) is 6.10 Å². The van der Waals surface area contributed by atoms with E-state index >= 15 is 0 Å². The zero-order valence-corrected chi connectivity index (χ0v) is 8.96. The van der Waals surface area contributed by atoms with E-state index in [1.54, 1.807) is 6.92 Å². The summed E-state index contributed by atoms with van der Waals surface area (Å²) in [6, 6.07) is 6.20. The van der Waals surface area contributed by atoms with E-state index in [1.165, 1.54) is 5.56 Å². The second-order valence-corrected chi connectivity index (χ2v) is 3.77. The summed E-state index contributed by atoms with van der Waals surface area (Å²) in [5, 5.41) is 9.16. The topological polar surface area (TPSA) is 46.2 Å². The van der Waals surface area contributed by atoms with Gasteiger partial charge in [-0.05, 0) is 43.4 Å². The van der Waals surface area contributed by atoms with Gasteiger partial charge in [0.25, 0.3) is 0 Å². The molecule has 0 heterocycles. The molecule has 0 aliphatic carbocycles. The zero-order valence-electron chi connectivity index (χ0n) is 8.96. The molecule has 0 saturated carbocycles. The molecule has 1 atom stereocenters. The van der Waals surface area contributed by atoms with Gasteiger partial charge >= 0.3 is 0 Å². The van der Waals surface area contributed by atoms with Crippen molar-refractivity contribution in [1.29, 1.82) is 0 Å². The third-order valence-corrected chi connectivity index (χ3v) is 2.45. The molecule has 0 bridgehead atoms. The molecule has 0 saturated heterocycles. The number of benzene rings is 1. The number of hydrogen-bond donors (Lipinski definition) is 2. The third kappa shape index (κ3) is 3.04. The van der Waals surface area contributed by atoms with Crippen molar-refractivity contribution < 1.29 is 5.11 Å². The Balaban J connectivity index is 2.69. The Morgan fingerprint density at radius 3 is 2.64 bits per heavy atom. The number of nitrogens with two attached hydrogens (primary N) is 1. The summed E-state index contributed by atoms with van der Waals surface area (Å²) >= 11 is 0. The van der Waals surface area contributed by atoms with Crippen molar-refractivity contribution in [2.45, 2.75) is 39.2 Å². The van der Waals surface area contributed by atoms with E-state index in [9.17, 15) is 0 Å². The Labute approximate surface area is 85.8 Å². The number of hydrogen-bond acceptors (Lipinski definition) is 2. The van der Waals surface area contributed by atoms with Crippen LogP contribution in [-0.2, 0) is 12.8 Å². The van der Waals surface area contributed by atoms with Crippen LogP contribution in [0.25, 0.3) is 0 Å². The Morgan fingerprint density at radius 1 is 1.43 bits per heavy atom. The van der Waals surface area contributed by atoms with Crippen LogP contribution < -0.4 is 5.73 Å². The molecule has 2 nitrogen and oxygen atoms in total. The van der Waals surface area contributed by atoms with Gasteiger partial charge in [-0.3, -0.25) is 0 Å². The molecule has 0 aromatic heterocycles. The zero-order chi connectivity index (χ0) is 10.6. The highest BCUT2D eigenvalue weighted by Gasteiger charge is 2.02. The molecule has 2 heteroatoms. The molecule has 1 aromatic rings. The molecule has 0 fully saturated rings. The molecule has 0 spiro atoms. The van der Waals surface area contributed by atoms with E-state index in [-0.39, 0.29) is 6.10 Å². The van der Waals surface area contributed by atoms with E-state index in [2.05, 4.69) is 19.1 Å². The highest BCUT2D eigenvalue weighted by molar-refractivity contribution is 5.49. The van der Waals surface area contributed by atoms with Crippen LogP contribution in [0.2, 0.25) is 0 Å². The molecule has 1 rings (SSSR count). The first-order chi connectivity index (χ1) is 6.63. The van der Waals surface area contributed by atoms with Gasteiger partial charge in [0, 0.05) is 5.69 Å². The molecular weight excluding hydrogens is 174 g/mol. The second kappa shape index (κ2) is 5.01. The van der Waals surface area contributed by atoms with Gasteiger partial charge in [-0.2, -0.15) is 0 Å². The SMILES string of the molecule is CCc1ccc(CCC(C)O)c(N)c1. The van der Waals surface area contributed by atoms with Crippen LogP contribution in [0.3, 0.4) is 0 Å². The average molecular weight is 193 g/mol. The number of aliphatic hydroxyl groups is 1. The summed E-state index contributed by atoms with van der Waals surface area (Å²) in [4.78, 5) is 0. The Hall–Kier alpha value is -1.02. The largest absolute Gasteiger partial charge is 0.398 e. The first-order valence-corrected chi connectivity index (χ1v) is 5.18. The van der Waals surface area contributed by atoms with Crippen molar-refractivity contribution >= 4 is 5.69 Å². The maximum atomic E-state index is 9.16. The average Bonchev–Trinajstić information content (AvgIpc) is 2.15. The van der Waals surface area contributed by atoms with Crippen LogP contribution in [0.4, 0.5) is 5.69 Å². The maximum Gasteiger partial charge on any atom is 0.0515 e. The highest BCUT2D eigenvalue weighted by atomic mass is 16.3. The van der Waals surface area contributed by atoms with Crippen molar-refractivity contribution in [1.82, 2.24) is 0 Å². The lowest BCUT2D eigenvalue weighted by atomic mass is 10.0. The standard InChI is InChI=1S/C12H19NO/c1-3-10-5-7-11(12(13)8-10)6-4-9(2)14/h5,7-9,14H,3-4,6,13H2,1-2H3. The van der Waals surface area contributed by atoms with Gasteiger partial charge in [-0.1, -0.05) is 19.1 Å². The summed E-state index contributed by atoms with van der Waals surface area (Å²) in [6.45, 7) is 3.92. The summed E-state index contributed by atoms with van der Waals surface area (Å²) < 4.78 is 0. The summed E-state index contributed by atoms with van der Waals surface area (Å²) in [5.74, 6) is 0. The monoisotopic (exact) mass is 193 g/mol. The van der Waals surface area contributed by atoms with Gasteiger partial charge in [-0.15, -0.1) is 0 Å². The van der Waals surface area contributed by atoms with Crippen LogP contribution in [-0.4, -0.2) is 11.2 Å².